The molecule has 0 heterocycles. The highest BCUT2D eigenvalue weighted by molar-refractivity contribution is 5.83. The van der Waals surface area contributed by atoms with Gasteiger partial charge in [-0.2, -0.15) is 0 Å². The molecule has 2 nitrogen and oxygen atoms in total. The van der Waals surface area contributed by atoms with Crippen LogP contribution in [0, 0.1) is 0 Å². The first-order chi connectivity index (χ1) is 7.26. The number of fused-ring (bicyclic) bond motifs is 1. The fraction of sp³-hybridized carbons (Fsp3) is 0.154. The van der Waals surface area contributed by atoms with Gasteiger partial charge in [0.2, 0.25) is 0 Å². The molecule has 0 aromatic rings. The van der Waals surface area contributed by atoms with E-state index < -0.39 is 5.97 Å². The first-order valence-electron chi connectivity index (χ1n) is 4.94. The van der Waals surface area contributed by atoms with Crippen molar-refractivity contribution in [2.45, 2.75) is 13.3 Å². The molecule has 2 aliphatic carbocycles. The van der Waals surface area contributed by atoms with Crippen LogP contribution >= 0.6 is 0 Å². The van der Waals surface area contributed by atoms with Crippen molar-refractivity contribution in [1.82, 2.24) is 0 Å². The minimum atomic E-state index is -0.404. The molecule has 0 saturated heterocycles. The van der Waals surface area contributed by atoms with Crippen LogP contribution in [-0.2, 0) is 9.53 Å². The van der Waals surface area contributed by atoms with E-state index in [1.165, 1.54) is 6.08 Å². The van der Waals surface area contributed by atoms with Gasteiger partial charge in [-0.1, -0.05) is 31.7 Å². The van der Waals surface area contributed by atoms with Crippen LogP contribution in [0.15, 0.2) is 59.4 Å². The molecule has 0 fully saturated rings. The number of hydrogen-bond acceptors (Lipinski definition) is 2. The van der Waals surface area contributed by atoms with Gasteiger partial charge >= 0.3 is 5.97 Å². The van der Waals surface area contributed by atoms with Gasteiger partial charge in [0.1, 0.15) is 5.76 Å². The summed E-state index contributed by atoms with van der Waals surface area (Å²) in [4.78, 5) is 11.2. The Labute approximate surface area is 88.9 Å². The zero-order chi connectivity index (χ0) is 10.8. The summed E-state index contributed by atoms with van der Waals surface area (Å²) in [5.41, 5.74) is 3.19. The quantitative estimate of drug-likeness (QED) is 0.517. The predicted molar refractivity (Wildman–Crippen MR) is 58.9 cm³/mol. The van der Waals surface area contributed by atoms with Crippen molar-refractivity contribution < 1.29 is 9.53 Å². The minimum Gasteiger partial charge on any atom is -0.422 e. The van der Waals surface area contributed by atoms with Gasteiger partial charge in [-0.05, 0) is 23.6 Å². The van der Waals surface area contributed by atoms with Crippen LogP contribution in [0.4, 0.5) is 0 Å². The number of hydrogen-bond donors (Lipinski definition) is 0. The van der Waals surface area contributed by atoms with Gasteiger partial charge in [0.05, 0.1) is 0 Å². The van der Waals surface area contributed by atoms with Gasteiger partial charge in [-0.25, -0.2) is 4.79 Å². The van der Waals surface area contributed by atoms with Gasteiger partial charge in [0.25, 0.3) is 0 Å². The molecule has 0 unspecified atom stereocenters. The van der Waals surface area contributed by atoms with Gasteiger partial charge in [0, 0.05) is 11.6 Å². The minimum absolute atomic E-state index is 0.404. The van der Waals surface area contributed by atoms with Crippen molar-refractivity contribution in [2.75, 3.05) is 0 Å². The molecule has 0 N–H and O–H groups in total. The van der Waals surface area contributed by atoms with Gasteiger partial charge < -0.3 is 4.74 Å². The highest BCUT2D eigenvalue weighted by Crippen LogP contribution is 2.37. The second-order valence-electron chi connectivity index (χ2n) is 3.37. The Bertz CT molecular complexity index is 445. The van der Waals surface area contributed by atoms with E-state index in [2.05, 4.69) is 12.7 Å². The largest absolute Gasteiger partial charge is 0.422 e. The SMILES string of the molecule is C=CC(=O)OC1=C(CC)C=C2C=CC=C21. The molecule has 2 rings (SSSR count). The van der Waals surface area contributed by atoms with Crippen molar-refractivity contribution in [3.63, 3.8) is 0 Å². The Hall–Kier alpha value is -1.83. The van der Waals surface area contributed by atoms with E-state index in [1.54, 1.807) is 0 Å². The van der Waals surface area contributed by atoms with Crippen molar-refractivity contribution in [1.29, 1.82) is 0 Å². The van der Waals surface area contributed by atoms with Crippen LogP contribution in [0.1, 0.15) is 13.3 Å². The third kappa shape index (κ3) is 1.59. The zero-order valence-electron chi connectivity index (χ0n) is 8.62. The van der Waals surface area contributed by atoms with Crippen molar-refractivity contribution in [3.05, 3.63) is 59.4 Å². The average Bonchev–Trinajstić information content (AvgIpc) is 2.80. The molecule has 0 aromatic heterocycles. The Morgan fingerprint density at radius 3 is 3.07 bits per heavy atom. The Kier molecular flexibility index (Phi) is 2.42. The first-order valence-corrected chi connectivity index (χ1v) is 4.94. The molecule has 0 saturated carbocycles. The Balaban J connectivity index is 2.30. The first kappa shape index (κ1) is 9.71. The number of ether oxygens (including phenoxy) is 1. The molecular weight excluding hydrogens is 188 g/mol. The zero-order valence-corrected chi connectivity index (χ0v) is 8.62. The smallest absolute Gasteiger partial charge is 0.335 e. The van der Waals surface area contributed by atoms with E-state index in [-0.39, 0.29) is 0 Å². The van der Waals surface area contributed by atoms with Crippen LogP contribution in [0.25, 0.3) is 0 Å². The summed E-state index contributed by atoms with van der Waals surface area (Å²) in [5.74, 6) is 0.279. The molecule has 0 spiro atoms. The maximum absolute atomic E-state index is 11.2. The van der Waals surface area contributed by atoms with E-state index in [1.807, 2.05) is 25.2 Å². The van der Waals surface area contributed by atoms with Crippen LogP contribution in [0.2, 0.25) is 0 Å². The topological polar surface area (TPSA) is 26.3 Å². The van der Waals surface area contributed by atoms with Gasteiger partial charge in [-0.3, -0.25) is 0 Å². The molecule has 0 aliphatic heterocycles. The molecular formula is C13H12O2. The van der Waals surface area contributed by atoms with E-state index in [0.29, 0.717) is 5.76 Å². The molecule has 76 valence electrons. The molecule has 15 heavy (non-hydrogen) atoms. The Morgan fingerprint density at radius 1 is 1.60 bits per heavy atom. The van der Waals surface area contributed by atoms with Gasteiger partial charge in [0.15, 0.2) is 0 Å². The lowest BCUT2D eigenvalue weighted by molar-refractivity contribution is -0.133. The summed E-state index contributed by atoms with van der Waals surface area (Å²) in [6.07, 6.45) is 10.0. The molecule has 2 heteroatoms. The van der Waals surface area contributed by atoms with Crippen molar-refractivity contribution in [3.8, 4) is 0 Å². The van der Waals surface area contributed by atoms with Crippen molar-refractivity contribution in [2.24, 2.45) is 0 Å². The van der Waals surface area contributed by atoms with Gasteiger partial charge in [-0.15, -0.1) is 0 Å². The summed E-state index contributed by atoms with van der Waals surface area (Å²) in [6, 6.07) is 0. The fourth-order valence-corrected chi connectivity index (χ4v) is 1.72. The summed E-state index contributed by atoms with van der Waals surface area (Å²) in [7, 11) is 0. The molecule has 0 radical (unpaired) electrons. The maximum atomic E-state index is 11.2. The van der Waals surface area contributed by atoms with Crippen LogP contribution in [0.3, 0.4) is 0 Å². The summed E-state index contributed by atoms with van der Waals surface area (Å²) >= 11 is 0. The van der Waals surface area contributed by atoms with Crippen LogP contribution < -0.4 is 0 Å². The second-order valence-corrected chi connectivity index (χ2v) is 3.37. The standard InChI is InChI=1S/C13H12O2/c1-3-9-8-10-6-5-7-11(10)13(9)15-12(14)4-2/h4-8H,2-3H2,1H3. The van der Waals surface area contributed by atoms with E-state index >= 15 is 0 Å². The number of carbonyl (C=O) groups excluding carboxylic acids is 1. The number of rotatable bonds is 3. The number of carbonyl (C=O) groups is 1. The summed E-state index contributed by atoms with van der Waals surface area (Å²) in [6.45, 7) is 5.43. The highest BCUT2D eigenvalue weighted by atomic mass is 16.5. The Morgan fingerprint density at radius 2 is 2.40 bits per heavy atom. The van der Waals surface area contributed by atoms with Crippen LogP contribution in [-0.4, -0.2) is 5.97 Å². The molecule has 0 atom stereocenters. The second kappa shape index (κ2) is 3.73. The highest BCUT2D eigenvalue weighted by Gasteiger charge is 2.24. The number of esters is 1. The molecule has 0 amide bonds. The predicted octanol–water partition coefficient (Wildman–Crippen LogP) is 2.82. The fourth-order valence-electron chi connectivity index (χ4n) is 1.72. The molecule has 2 aliphatic rings. The average molecular weight is 200 g/mol. The lowest BCUT2D eigenvalue weighted by Crippen LogP contribution is -2.02. The molecule has 0 bridgehead atoms. The third-order valence-electron chi connectivity index (χ3n) is 2.47. The summed E-state index contributed by atoms with van der Waals surface area (Å²) in [5, 5.41) is 0. The monoisotopic (exact) mass is 200 g/mol. The third-order valence-corrected chi connectivity index (χ3v) is 2.47. The summed E-state index contributed by atoms with van der Waals surface area (Å²) < 4.78 is 5.24. The normalized spacial score (nSPS) is 17.4. The van der Waals surface area contributed by atoms with E-state index in [9.17, 15) is 4.79 Å². The maximum Gasteiger partial charge on any atom is 0.335 e. The number of allylic oxidation sites excluding steroid dienone is 6. The lowest BCUT2D eigenvalue weighted by Gasteiger charge is -2.06. The van der Waals surface area contributed by atoms with E-state index in [0.717, 1.165) is 23.1 Å². The van der Waals surface area contributed by atoms with Crippen molar-refractivity contribution >= 4 is 5.97 Å². The lowest BCUT2D eigenvalue weighted by atomic mass is 10.2. The van der Waals surface area contributed by atoms with Crippen LogP contribution in [0.5, 0.6) is 0 Å². The molecule has 0 aromatic carbocycles. The van der Waals surface area contributed by atoms with E-state index in [4.69, 9.17) is 4.74 Å².